The van der Waals surface area contributed by atoms with Crippen LogP contribution >= 0.6 is 0 Å². The van der Waals surface area contributed by atoms with Crippen molar-refractivity contribution in [2.45, 2.75) is 12.8 Å². The average Bonchev–Trinajstić information content (AvgIpc) is 2.53. The van der Waals surface area contributed by atoms with Crippen molar-refractivity contribution in [1.82, 2.24) is 9.97 Å². The number of hydrogen-bond donors (Lipinski definition) is 0. The molecule has 0 atom stereocenters. The first kappa shape index (κ1) is 14.4. The summed E-state index contributed by atoms with van der Waals surface area (Å²) in [6, 6.07) is 1.63. The fourth-order valence-corrected chi connectivity index (χ4v) is 2.22. The molecule has 1 aliphatic heterocycles. The first-order valence-electron chi connectivity index (χ1n) is 6.47. The molecule has 2 rings (SSSR count). The van der Waals surface area contributed by atoms with E-state index in [4.69, 9.17) is 14.2 Å². The second-order valence-electron chi connectivity index (χ2n) is 4.54. The van der Waals surface area contributed by atoms with Crippen LogP contribution in [0.25, 0.3) is 0 Å². The van der Waals surface area contributed by atoms with Crippen LogP contribution in [0.3, 0.4) is 0 Å². The number of piperidine rings is 1. The number of rotatable bonds is 4. The predicted molar refractivity (Wildman–Crippen MR) is 72.1 cm³/mol. The fourth-order valence-electron chi connectivity index (χ4n) is 2.22. The highest BCUT2D eigenvalue weighted by molar-refractivity contribution is 5.72. The fraction of sp³-hybridized carbons (Fsp3) is 0.615. The average molecular weight is 281 g/mol. The van der Waals surface area contributed by atoms with Crippen molar-refractivity contribution in [2.24, 2.45) is 5.92 Å². The number of methoxy groups -OCH3 is 3. The van der Waals surface area contributed by atoms with E-state index in [9.17, 15) is 4.79 Å². The highest BCUT2D eigenvalue weighted by Crippen LogP contribution is 2.25. The number of carbonyl (C=O) groups excluding carboxylic acids is 1. The molecule has 0 aromatic carbocycles. The molecule has 0 radical (unpaired) electrons. The molecule has 7 heteroatoms. The van der Waals surface area contributed by atoms with E-state index >= 15 is 0 Å². The zero-order chi connectivity index (χ0) is 14.5. The molecular weight excluding hydrogens is 262 g/mol. The van der Waals surface area contributed by atoms with E-state index in [-0.39, 0.29) is 11.9 Å². The van der Waals surface area contributed by atoms with E-state index in [0.717, 1.165) is 12.8 Å². The van der Waals surface area contributed by atoms with Gasteiger partial charge in [-0.2, -0.15) is 9.97 Å². The molecule has 0 bridgehead atoms. The van der Waals surface area contributed by atoms with Crippen LogP contribution in [0.15, 0.2) is 6.07 Å². The highest BCUT2D eigenvalue weighted by Gasteiger charge is 2.27. The number of hydrogen-bond acceptors (Lipinski definition) is 7. The summed E-state index contributed by atoms with van der Waals surface area (Å²) in [4.78, 5) is 22.1. The maximum absolute atomic E-state index is 11.5. The summed E-state index contributed by atoms with van der Waals surface area (Å²) < 4.78 is 15.0. The van der Waals surface area contributed by atoms with Crippen LogP contribution in [0.2, 0.25) is 0 Å². The molecule has 1 fully saturated rings. The van der Waals surface area contributed by atoms with Gasteiger partial charge in [0.2, 0.25) is 17.7 Å². The molecule has 1 aromatic rings. The van der Waals surface area contributed by atoms with Crippen LogP contribution in [0.5, 0.6) is 11.8 Å². The van der Waals surface area contributed by atoms with Crippen LogP contribution in [0, 0.1) is 5.92 Å². The Kier molecular flexibility index (Phi) is 4.60. The minimum atomic E-state index is -0.145. The van der Waals surface area contributed by atoms with Gasteiger partial charge in [-0.05, 0) is 12.8 Å². The van der Waals surface area contributed by atoms with E-state index < -0.39 is 0 Å². The molecule has 0 unspecified atom stereocenters. The third-order valence-electron chi connectivity index (χ3n) is 3.40. The summed E-state index contributed by atoms with van der Waals surface area (Å²) in [6.07, 6.45) is 1.46. The smallest absolute Gasteiger partial charge is 0.308 e. The van der Waals surface area contributed by atoms with Crippen molar-refractivity contribution in [2.75, 3.05) is 39.3 Å². The van der Waals surface area contributed by atoms with Crippen molar-refractivity contribution >= 4 is 11.9 Å². The van der Waals surface area contributed by atoms with Crippen LogP contribution < -0.4 is 14.4 Å². The van der Waals surface area contributed by atoms with Gasteiger partial charge in [-0.25, -0.2) is 0 Å². The van der Waals surface area contributed by atoms with Crippen molar-refractivity contribution in [3.63, 3.8) is 0 Å². The van der Waals surface area contributed by atoms with Crippen molar-refractivity contribution < 1.29 is 19.0 Å². The molecule has 110 valence electrons. The van der Waals surface area contributed by atoms with Gasteiger partial charge in [-0.1, -0.05) is 0 Å². The van der Waals surface area contributed by atoms with Gasteiger partial charge < -0.3 is 19.1 Å². The molecule has 1 aromatic heterocycles. The third kappa shape index (κ3) is 3.09. The number of aromatic nitrogens is 2. The molecule has 0 aliphatic carbocycles. The standard InChI is InChI=1S/C13H19N3O4/c1-18-10-8-11(19-2)15-13(14-10)16-6-4-9(5-7-16)12(17)20-3/h8-9H,4-7H2,1-3H3. The van der Waals surface area contributed by atoms with Gasteiger partial charge >= 0.3 is 5.97 Å². The molecule has 2 heterocycles. The lowest BCUT2D eigenvalue weighted by Crippen LogP contribution is -2.37. The summed E-state index contributed by atoms with van der Waals surface area (Å²) in [5, 5.41) is 0. The van der Waals surface area contributed by atoms with Crippen LogP contribution in [-0.2, 0) is 9.53 Å². The molecule has 0 saturated carbocycles. The Bertz CT molecular complexity index is 450. The SMILES string of the molecule is COC(=O)C1CCN(c2nc(OC)cc(OC)n2)CC1. The number of nitrogens with zero attached hydrogens (tertiary/aromatic N) is 3. The molecule has 20 heavy (non-hydrogen) atoms. The lowest BCUT2D eigenvalue weighted by atomic mass is 9.97. The topological polar surface area (TPSA) is 73.8 Å². The molecule has 1 aliphatic rings. The van der Waals surface area contributed by atoms with Crippen molar-refractivity contribution in [3.05, 3.63) is 6.07 Å². The Hall–Kier alpha value is -2.05. The first-order chi connectivity index (χ1) is 9.67. The maximum atomic E-state index is 11.5. The molecule has 7 nitrogen and oxygen atoms in total. The van der Waals surface area contributed by atoms with E-state index in [0.29, 0.717) is 30.8 Å². The maximum Gasteiger partial charge on any atom is 0.308 e. The second-order valence-corrected chi connectivity index (χ2v) is 4.54. The number of ether oxygens (including phenoxy) is 3. The zero-order valence-electron chi connectivity index (χ0n) is 12.0. The van der Waals surface area contributed by atoms with Gasteiger partial charge in [0.1, 0.15) is 0 Å². The lowest BCUT2D eigenvalue weighted by Gasteiger charge is -2.30. The molecule has 0 amide bonds. The summed E-state index contributed by atoms with van der Waals surface area (Å²) in [5.41, 5.74) is 0. The van der Waals surface area contributed by atoms with E-state index in [1.165, 1.54) is 7.11 Å². The van der Waals surface area contributed by atoms with Crippen LogP contribution in [-0.4, -0.2) is 50.4 Å². The molecular formula is C13H19N3O4. The van der Waals surface area contributed by atoms with Gasteiger partial charge in [0, 0.05) is 13.1 Å². The van der Waals surface area contributed by atoms with E-state index in [1.807, 2.05) is 4.90 Å². The normalized spacial score (nSPS) is 15.8. The summed E-state index contributed by atoms with van der Waals surface area (Å²) in [5.74, 6) is 1.30. The van der Waals surface area contributed by atoms with Gasteiger partial charge in [0.25, 0.3) is 0 Å². The highest BCUT2D eigenvalue weighted by atomic mass is 16.5. The number of esters is 1. The van der Waals surface area contributed by atoms with Crippen molar-refractivity contribution in [1.29, 1.82) is 0 Å². The summed E-state index contributed by atoms with van der Waals surface area (Å²) in [6.45, 7) is 1.41. The second kappa shape index (κ2) is 6.40. The Morgan fingerprint density at radius 2 is 1.70 bits per heavy atom. The van der Waals surface area contributed by atoms with Gasteiger partial charge in [-0.15, -0.1) is 0 Å². The van der Waals surface area contributed by atoms with Gasteiger partial charge in [-0.3, -0.25) is 4.79 Å². The van der Waals surface area contributed by atoms with E-state index in [2.05, 4.69) is 9.97 Å². The monoisotopic (exact) mass is 281 g/mol. The van der Waals surface area contributed by atoms with Crippen LogP contribution in [0.4, 0.5) is 5.95 Å². The van der Waals surface area contributed by atoms with Crippen LogP contribution in [0.1, 0.15) is 12.8 Å². The minimum Gasteiger partial charge on any atom is -0.481 e. The Morgan fingerprint density at radius 1 is 1.15 bits per heavy atom. The largest absolute Gasteiger partial charge is 0.481 e. The minimum absolute atomic E-state index is 0.0382. The Balaban J connectivity index is 2.08. The zero-order valence-corrected chi connectivity index (χ0v) is 12.0. The molecule has 1 saturated heterocycles. The molecule has 0 N–H and O–H groups in total. The van der Waals surface area contributed by atoms with Gasteiger partial charge in [0.15, 0.2) is 0 Å². The Labute approximate surface area is 117 Å². The van der Waals surface area contributed by atoms with Crippen molar-refractivity contribution in [3.8, 4) is 11.8 Å². The summed E-state index contributed by atoms with van der Waals surface area (Å²) >= 11 is 0. The first-order valence-corrected chi connectivity index (χ1v) is 6.47. The number of carbonyl (C=O) groups is 1. The number of anilines is 1. The van der Waals surface area contributed by atoms with E-state index in [1.54, 1.807) is 20.3 Å². The third-order valence-corrected chi connectivity index (χ3v) is 3.40. The lowest BCUT2D eigenvalue weighted by molar-refractivity contribution is -0.146. The Morgan fingerprint density at radius 3 is 2.15 bits per heavy atom. The predicted octanol–water partition coefficient (Wildman–Crippen LogP) is 0.883. The molecule has 0 spiro atoms. The summed E-state index contributed by atoms with van der Waals surface area (Å²) in [7, 11) is 4.52. The quantitative estimate of drug-likeness (QED) is 0.758. The van der Waals surface area contributed by atoms with Gasteiger partial charge in [0.05, 0.1) is 33.3 Å².